The molecule has 0 spiro atoms. The van der Waals surface area contributed by atoms with Gasteiger partial charge in [-0.1, -0.05) is 0 Å². The molecular formula is C16H24N2O4. The number of rotatable bonds is 5. The van der Waals surface area contributed by atoms with Gasteiger partial charge in [-0.2, -0.15) is 0 Å². The second-order valence-electron chi connectivity index (χ2n) is 5.53. The number of aryl methyl sites for hydroxylation is 1. The van der Waals surface area contributed by atoms with Crippen LogP contribution < -0.4 is 0 Å². The smallest absolute Gasteiger partial charge is 0.340 e. The van der Waals surface area contributed by atoms with Crippen molar-refractivity contribution in [3.05, 3.63) is 22.5 Å². The first kappa shape index (κ1) is 16.7. The fourth-order valence-corrected chi connectivity index (χ4v) is 2.85. The Balaban J connectivity index is 2.23. The van der Waals surface area contributed by atoms with E-state index in [4.69, 9.17) is 9.47 Å². The normalized spacial score (nSPS) is 17.3. The lowest BCUT2D eigenvalue weighted by molar-refractivity contribution is 0.0207. The molecule has 0 aliphatic carbocycles. The SMILES string of the molecule is CCOC(=O)c1c(C)[nH]c(C(=O)[C@H](C)N2CCOCC2)c1C. The van der Waals surface area contributed by atoms with Crippen LogP contribution in [0.5, 0.6) is 0 Å². The molecule has 0 radical (unpaired) electrons. The van der Waals surface area contributed by atoms with E-state index in [1.807, 2.05) is 6.92 Å². The maximum absolute atomic E-state index is 12.7. The molecule has 1 atom stereocenters. The van der Waals surface area contributed by atoms with E-state index in [1.54, 1.807) is 20.8 Å². The first-order valence-corrected chi connectivity index (χ1v) is 7.69. The molecule has 22 heavy (non-hydrogen) atoms. The van der Waals surface area contributed by atoms with Gasteiger partial charge in [0.25, 0.3) is 0 Å². The summed E-state index contributed by atoms with van der Waals surface area (Å²) < 4.78 is 10.4. The summed E-state index contributed by atoms with van der Waals surface area (Å²) in [6, 6.07) is -0.240. The van der Waals surface area contributed by atoms with Gasteiger partial charge in [-0.05, 0) is 33.3 Å². The Morgan fingerprint density at radius 1 is 1.32 bits per heavy atom. The minimum Gasteiger partial charge on any atom is -0.462 e. The first-order chi connectivity index (χ1) is 10.5. The lowest BCUT2D eigenvalue weighted by atomic mass is 10.0. The van der Waals surface area contributed by atoms with Crippen LogP contribution in [0.4, 0.5) is 0 Å². The summed E-state index contributed by atoms with van der Waals surface area (Å²) in [5.74, 6) is -0.384. The monoisotopic (exact) mass is 308 g/mol. The minimum absolute atomic E-state index is 0.00181. The van der Waals surface area contributed by atoms with Crippen LogP contribution in [0, 0.1) is 13.8 Å². The second kappa shape index (κ2) is 7.07. The summed E-state index contributed by atoms with van der Waals surface area (Å²) in [7, 11) is 0. The van der Waals surface area contributed by atoms with Gasteiger partial charge in [0.15, 0.2) is 5.78 Å². The quantitative estimate of drug-likeness (QED) is 0.662. The van der Waals surface area contributed by atoms with Gasteiger partial charge in [-0.3, -0.25) is 9.69 Å². The van der Waals surface area contributed by atoms with E-state index in [2.05, 4.69) is 9.88 Å². The van der Waals surface area contributed by atoms with Crippen molar-refractivity contribution in [2.45, 2.75) is 33.7 Å². The maximum Gasteiger partial charge on any atom is 0.340 e. The summed E-state index contributed by atoms with van der Waals surface area (Å²) in [4.78, 5) is 29.9. The third kappa shape index (κ3) is 3.23. The van der Waals surface area contributed by atoms with Crippen LogP contribution >= 0.6 is 0 Å². The fourth-order valence-electron chi connectivity index (χ4n) is 2.85. The molecular weight excluding hydrogens is 284 g/mol. The summed E-state index contributed by atoms with van der Waals surface area (Å²) >= 11 is 0. The summed E-state index contributed by atoms with van der Waals surface area (Å²) in [5, 5.41) is 0. The molecule has 1 aliphatic heterocycles. The molecule has 0 unspecified atom stereocenters. The number of esters is 1. The first-order valence-electron chi connectivity index (χ1n) is 7.69. The van der Waals surface area contributed by atoms with Gasteiger partial charge in [0.1, 0.15) is 0 Å². The van der Waals surface area contributed by atoms with Gasteiger partial charge in [0.05, 0.1) is 37.1 Å². The van der Waals surface area contributed by atoms with Crippen LogP contribution in [0.2, 0.25) is 0 Å². The van der Waals surface area contributed by atoms with Gasteiger partial charge < -0.3 is 14.5 Å². The van der Waals surface area contributed by atoms with E-state index in [0.717, 1.165) is 13.1 Å². The number of hydrogen-bond donors (Lipinski definition) is 1. The summed E-state index contributed by atoms with van der Waals surface area (Å²) in [5.41, 5.74) is 2.31. The van der Waals surface area contributed by atoms with E-state index >= 15 is 0 Å². The van der Waals surface area contributed by atoms with Gasteiger partial charge >= 0.3 is 5.97 Å². The number of ether oxygens (including phenoxy) is 2. The molecule has 2 heterocycles. The van der Waals surface area contributed by atoms with Crippen molar-refractivity contribution < 1.29 is 19.1 Å². The third-order valence-electron chi connectivity index (χ3n) is 4.14. The molecule has 0 bridgehead atoms. The highest BCUT2D eigenvalue weighted by Crippen LogP contribution is 2.21. The number of Topliss-reactive ketones (excluding diaryl/α,β-unsaturated/α-hetero) is 1. The Labute approximate surface area is 130 Å². The predicted octanol–water partition coefficient (Wildman–Crippen LogP) is 1.71. The zero-order chi connectivity index (χ0) is 16.3. The number of nitrogens with zero attached hydrogens (tertiary/aromatic N) is 1. The molecule has 1 N–H and O–H groups in total. The van der Waals surface area contributed by atoms with Crippen molar-refractivity contribution in [2.24, 2.45) is 0 Å². The molecule has 0 amide bonds. The van der Waals surface area contributed by atoms with Crippen molar-refractivity contribution in [3.63, 3.8) is 0 Å². The summed E-state index contributed by atoms with van der Waals surface area (Å²) in [6.07, 6.45) is 0. The van der Waals surface area contributed by atoms with Gasteiger partial charge in [0.2, 0.25) is 0 Å². The average molecular weight is 308 g/mol. The van der Waals surface area contributed by atoms with Crippen molar-refractivity contribution in [3.8, 4) is 0 Å². The van der Waals surface area contributed by atoms with Crippen molar-refractivity contribution in [1.29, 1.82) is 0 Å². The van der Waals surface area contributed by atoms with Crippen molar-refractivity contribution >= 4 is 11.8 Å². The van der Waals surface area contributed by atoms with Crippen LogP contribution in [-0.4, -0.2) is 60.6 Å². The summed E-state index contributed by atoms with van der Waals surface area (Å²) in [6.45, 7) is 10.3. The number of aromatic amines is 1. The van der Waals surface area contributed by atoms with E-state index in [9.17, 15) is 9.59 Å². The second-order valence-corrected chi connectivity index (χ2v) is 5.53. The number of carbonyl (C=O) groups excluding carboxylic acids is 2. The standard InChI is InChI=1S/C16H24N2O4/c1-5-22-16(20)13-10(2)14(17-11(13)3)15(19)12(4)18-6-8-21-9-7-18/h12,17H,5-9H2,1-4H3/t12-/m0/s1. The van der Waals surface area contributed by atoms with Crippen LogP contribution in [-0.2, 0) is 9.47 Å². The van der Waals surface area contributed by atoms with Crippen LogP contribution in [0.3, 0.4) is 0 Å². The lowest BCUT2D eigenvalue weighted by Gasteiger charge is -2.31. The maximum atomic E-state index is 12.7. The fraction of sp³-hybridized carbons (Fsp3) is 0.625. The van der Waals surface area contributed by atoms with E-state index in [0.29, 0.717) is 42.3 Å². The van der Waals surface area contributed by atoms with Crippen LogP contribution in [0.25, 0.3) is 0 Å². The molecule has 6 heteroatoms. The molecule has 1 saturated heterocycles. The molecule has 0 saturated carbocycles. The Bertz CT molecular complexity index is 559. The predicted molar refractivity (Wildman–Crippen MR) is 82.4 cm³/mol. The number of carbonyl (C=O) groups is 2. The van der Waals surface area contributed by atoms with Crippen molar-refractivity contribution in [1.82, 2.24) is 9.88 Å². The molecule has 2 rings (SSSR count). The largest absolute Gasteiger partial charge is 0.462 e. The number of ketones is 1. The molecule has 1 aromatic heterocycles. The zero-order valence-electron chi connectivity index (χ0n) is 13.7. The number of morpholine rings is 1. The van der Waals surface area contributed by atoms with E-state index in [-0.39, 0.29) is 17.8 Å². The molecule has 122 valence electrons. The average Bonchev–Trinajstić information content (AvgIpc) is 2.81. The highest BCUT2D eigenvalue weighted by atomic mass is 16.5. The highest BCUT2D eigenvalue weighted by Gasteiger charge is 2.29. The van der Waals surface area contributed by atoms with Gasteiger partial charge in [-0.25, -0.2) is 4.79 Å². The van der Waals surface area contributed by atoms with Crippen molar-refractivity contribution in [2.75, 3.05) is 32.9 Å². The Morgan fingerprint density at radius 2 is 1.95 bits per heavy atom. The minimum atomic E-state index is -0.383. The molecule has 1 fully saturated rings. The number of aromatic nitrogens is 1. The molecule has 1 aromatic rings. The Morgan fingerprint density at radius 3 is 2.55 bits per heavy atom. The number of nitrogens with one attached hydrogen (secondary N) is 1. The van der Waals surface area contributed by atoms with Gasteiger partial charge in [-0.15, -0.1) is 0 Å². The number of hydrogen-bond acceptors (Lipinski definition) is 5. The Kier molecular flexibility index (Phi) is 5.37. The van der Waals surface area contributed by atoms with Gasteiger partial charge in [0, 0.05) is 18.8 Å². The lowest BCUT2D eigenvalue weighted by Crippen LogP contribution is -2.46. The Hall–Kier alpha value is -1.66. The molecule has 6 nitrogen and oxygen atoms in total. The van der Waals surface area contributed by atoms with E-state index in [1.165, 1.54) is 0 Å². The highest BCUT2D eigenvalue weighted by molar-refractivity contribution is 6.03. The van der Waals surface area contributed by atoms with E-state index < -0.39 is 0 Å². The molecule has 1 aliphatic rings. The molecule has 0 aromatic carbocycles. The van der Waals surface area contributed by atoms with Crippen LogP contribution in [0.1, 0.15) is 46.0 Å². The number of H-pyrrole nitrogens is 1. The topological polar surface area (TPSA) is 71.6 Å². The van der Waals surface area contributed by atoms with Crippen LogP contribution in [0.15, 0.2) is 0 Å². The zero-order valence-corrected chi connectivity index (χ0v) is 13.7. The third-order valence-corrected chi connectivity index (χ3v) is 4.14.